The number of hydrazone groups is 1. The fourth-order valence-corrected chi connectivity index (χ4v) is 2.97. The molecule has 0 heterocycles. The average Bonchev–Trinajstić information content (AvgIpc) is 2.84. The van der Waals surface area contributed by atoms with Crippen molar-refractivity contribution in [3.05, 3.63) is 82.9 Å². The molecular formula is C25H24ClN3O5. The molecule has 34 heavy (non-hydrogen) atoms. The fourth-order valence-electron chi connectivity index (χ4n) is 2.84. The normalized spacial score (nSPS) is 10.6. The Kier molecular flexibility index (Phi) is 8.88. The summed E-state index contributed by atoms with van der Waals surface area (Å²) in [6, 6.07) is 19.3. The van der Waals surface area contributed by atoms with Crippen LogP contribution in [0.25, 0.3) is 0 Å². The van der Waals surface area contributed by atoms with Gasteiger partial charge in [0.2, 0.25) is 0 Å². The number of rotatable bonds is 9. The molecule has 0 bridgehead atoms. The minimum atomic E-state index is -0.910. The monoisotopic (exact) mass is 481 g/mol. The van der Waals surface area contributed by atoms with E-state index in [0.717, 1.165) is 5.56 Å². The Bertz CT molecular complexity index is 1170. The quantitative estimate of drug-likeness (QED) is 0.268. The van der Waals surface area contributed by atoms with Crippen molar-refractivity contribution in [3.8, 4) is 17.2 Å². The third-order valence-corrected chi connectivity index (χ3v) is 4.74. The van der Waals surface area contributed by atoms with Gasteiger partial charge in [0, 0.05) is 16.8 Å². The predicted octanol–water partition coefficient (Wildman–Crippen LogP) is 4.42. The van der Waals surface area contributed by atoms with Crippen LogP contribution in [-0.4, -0.2) is 31.7 Å². The number of carbonyl (C=O) groups excluding carboxylic acids is 2. The molecule has 0 atom stereocenters. The first-order valence-corrected chi connectivity index (χ1v) is 10.8. The highest BCUT2D eigenvalue weighted by atomic mass is 35.5. The molecule has 3 aromatic rings. The first-order chi connectivity index (χ1) is 16.5. The number of hydrogen-bond acceptors (Lipinski definition) is 6. The van der Waals surface area contributed by atoms with Crippen molar-refractivity contribution in [2.24, 2.45) is 5.10 Å². The van der Waals surface area contributed by atoms with Gasteiger partial charge in [-0.2, -0.15) is 5.10 Å². The van der Waals surface area contributed by atoms with Gasteiger partial charge in [0.25, 0.3) is 0 Å². The van der Waals surface area contributed by atoms with Gasteiger partial charge in [-0.25, -0.2) is 5.43 Å². The molecule has 0 radical (unpaired) electrons. The lowest BCUT2D eigenvalue weighted by Crippen LogP contribution is -2.32. The van der Waals surface area contributed by atoms with E-state index in [2.05, 4.69) is 15.8 Å². The number of carbonyl (C=O) groups is 2. The van der Waals surface area contributed by atoms with Crippen LogP contribution in [0.3, 0.4) is 0 Å². The molecule has 2 N–H and O–H groups in total. The lowest BCUT2D eigenvalue weighted by atomic mass is 10.2. The van der Waals surface area contributed by atoms with Crippen LogP contribution in [0.4, 0.5) is 5.69 Å². The van der Waals surface area contributed by atoms with Crippen LogP contribution in [0.5, 0.6) is 17.2 Å². The Hall–Kier alpha value is -4.04. The summed E-state index contributed by atoms with van der Waals surface area (Å²) >= 11 is 5.91. The molecule has 0 spiro atoms. The predicted molar refractivity (Wildman–Crippen MR) is 131 cm³/mol. The van der Waals surface area contributed by atoms with Crippen molar-refractivity contribution in [1.29, 1.82) is 0 Å². The SMILES string of the molecule is CCOc1cc(C=NNC(=O)C(=O)Nc2cccc(OC)c2)ccc1OCc1ccc(Cl)cc1. The molecule has 0 unspecified atom stereocenters. The number of amides is 2. The molecule has 3 aromatic carbocycles. The van der Waals surface area contributed by atoms with Crippen molar-refractivity contribution < 1.29 is 23.8 Å². The number of halogens is 1. The summed E-state index contributed by atoms with van der Waals surface area (Å²) in [6.07, 6.45) is 1.40. The van der Waals surface area contributed by atoms with Crippen molar-refractivity contribution in [3.63, 3.8) is 0 Å². The number of hydrogen-bond donors (Lipinski definition) is 2. The van der Waals surface area contributed by atoms with E-state index in [4.69, 9.17) is 25.8 Å². The van der Waals surface area contributed by atoms with Crippen LogP contribution in [0.15, 0.2) is 71.8 Å². The molecule has 0 fully saturated rings. The molecule has 0 aliphatic rings. The Balaban J connectivity index is 1.58. The summed E-state index contributed by atoms with van der Waals surface area (Å²) < 4.78 is 16.6. The van der Waals surface area contributed by atoms with Gasteiger partial charge in [-0.15, -0.1) is 0 Å². The average molecular weight is 482 g/mol. The van der Waals surface area contributed by atoms with Gasteiger partial charge in [-0.05, 0) is 60.5 Å². The van der Waals surface area contributed by atoms with Crippen LogP contribution in [-0.2, 0) is 16.2 Å². The molecule has 0 aliphatic carbocycles. The van der Waals surface area contributed by atoms with Gasteiger partial charge >= 0.3 is 11.8 Å². The first kappa shape index (κ1) is 24.6. The highest BCUT2D eigenvalue weighted by Gasteiger charge is 2.13. The minimum absolute atomic E-state index is 0.350. The molecule has 0 aromatic heterocycles. The van der Waals surface area contributed by atoms with E-state index < -0.39 is 11.8 Å². The molecule has 0 saturated carbocycles. The lowest BCUT2D eigenvalue weighted by Gasteiger charge is -2.12. The summed E-state index contributed by atoms with van der Waals surface area (Å²) in [5.41, 5.74) is 4.25. The van der Waals surface area contributed by atoms with Crippen LogP contribution in [0, 0.1) is 0 Å². The zero-order valence-electron chi connectivity index (χ0n) is 18.7. The van der Waals surface area contributed by atoms with Gasteiger partial charge in [-0.1, -0.05) is 29.8 Å². The van der Waals surface area contributed by atoms with Crippen molar-refractivity contribution in [1.82, 2.24) is 5.43 Å². The number of methoxy groups -OCH3 is 1. The number of ether oxygens (including phenoxy) is 3. The fraction of sp³-hybridized carbons (Fsp3) is 0.160. The zero-order valence-corrected chi connectivity index (χ0v) is 19.5. The minimum Gasteiger partial charge on any atom is -0.497 e. The smallest absolute Gasteiger partial charge is 0.329 e. The van der Waals surface area contributed by atoms with Gasteiger partial charge in [-0.3, -0.25) is 9.59 Å². The van der Waals surface area contributed by atoms with Gasteiger partial charge in [0.05, 0.1) is 19.9 Å². The number of nitrogens with one attached hydrogen (secondary N) is 2. The summed E-state index contributed by atoms with van der Waals surface area (Å²) in [4.78, 5) is 24.1. The molecule has 9 heteroatoms. The Morgan fingerprint density at radius 3 is 2.50 bits per heavy atom. The zero-order chi connectivity index (χ0) is 24.3. The third kappa shape index (κ3) is 7.25. The lowest BCUT2D eigenvalue weighted by molar-refractivity contribution is -0.136. The second-order valence-corrected chi connectivity index (χ2v) is 7.38. The van der Waals surface area contributed by atoms with Gasteiger partial charge < -0.3 is 19.5 Å². The molecule has 0 aliphatic heterocycles. The summed E-state index contributed by atoms with van der Waals surface area (Å²) in [5.74, 6) is -0.113. The summed E-state index contributed by atoms with van der Waals surface area (Å²) in [7, 11) is 1.51. The Morgan fingerprint density at radius 1 is 0.971 bits per heavy atom. The van der Waals surface area contributed by atoms with E-state index in [9.17, 15) is 9.59 Å². The standard InChI is InChI=1S/C25H24ClN3O5/c1-3-33-23-13-18(9-12-22(23)34-16-17-7-10-19(26)11-8-17)15-27-29-25(31)24(30)28-20-5-4-6-21(14-20)32-2/h4-15H,3,16H2,1-2H3,(H,28,30)(H,29,31). The van der Waals surface area contributed by atoms with E-state index in [0.29, 0.717) is 46.7 Å². The Labute approximate surface area is 202 Å². The molecule has 176 valence electrons. The van der Waals surface area contributed by atoms with E-state index >= 15 is 0 Å². The summed E-state index contributed by atoms with van der Waals surface area (Å²) in [5, 5.41) is 6.99. The second kappa shape index (κ2) is 12.3. The van der Waals surface area contributed by atoms with Crippen LogP contribution < -0.4 is 25.0 Å². The molecule has 2 amide bonds. The molecular weight excluding hydrogens is 458 g/mol. The van der Waals surface area contributed by atoms with E-state index in [1.54, 1.807) is 54.6 Å². The maximum Gasteiger partial charge on any atom is 0.329 e. The summed E-state index contributed by atoms with van der Waals surface area (Å²) in [6.45, 7) is 2.66. The topological polar surface area (TPSA) is 98.2 Å². The van der Waals surface area contributed by atoms with Gasteiger partial charge in [0.1, 0.15) is 12.4 Å². The molecule has 3 rings (SSSR count). The highest BCUT2D eigenvalue weighted by Crippen LogP contribution is 2.29. The maximum atomic E-state index is 12.1. The van der Waals surface area contributed by atoms with Crippen LogP contribution in [0.2, 0.25) is 5.02 Å². The molecule has 0 saturated heterocycles. The number of anilines is 1. The Morgan fingerprint density at radius 2 is 1.76 bits per heavy atom. The van der Waals surface area contributed by atoms with Crippen LogP contribution >= 0.6 is 11.6 Å². The molecule has 8 nitrogen and oxygen atoms in total. The van der Waals surface area contributed by atoms with Gasteiger partial charge in [0.15, 0.2) is 11.5 Å². The van der Waals surface area contributed by atoms with Crippen molar-refractivity contribution >= 4 is 35.3 Å². The van der Waals surface area contributed by atoms with Crippen molar-refractivity contribution in [2.75, 3.05) is 19.0 Å². The number of benzene rings is 3. The first-order valence-electron chi connectivity index (χ1n) is 10.4. The maximum absolute atomic E-state index is 12.1. The van der Waals surface area contributed by atoms with E-state index in [1.807, 2.05) is 19.1 Å². The van der Waals surface area contributed by atoms with Crippen LogP contribution in [0.1, 0.15) is 18.1 Å². The van der Waals surface area contributed by atoms with Crippen molar-refractivity contribution in [2.45, 2.75) is 13.5 Å². The highest BCUT2D eigenvalue weighted by molar-refractivity contribution is 6.39. The third-order valence-electron chi connectivity index (χ3n) is 4.49. The van der Waals surface area contributed by atoms with E-state index in [-0.39, 0.29) is 0 Å². The second-order valence-electron chi connectivity index (χ2n) is 6.94. The van der Waals surface area contributed by atoms with E-state index in [1.165, 1.54) is 13.3 Å². The largest absolute Gasteiger partial charge is 0.497 e. The number of nitrogens with zero attached hydrogens (tertiary/aromatic N) is 1.